The lowest BCUT2D eigenvalue weighted by Gasteiger charge is -2.12. The fourth-order valence-electron chi connectivity index (χ4n) is 2.77. The molecule has 0 amide bonds. The van der Waals surface area contributed by atoms with E-state index >= 15 is 0 Å². The van der Waals surface area contributed by atoms with Gasteiger partial charge in [-0.25, -0.2) is 9.78 Å². The molecule has 4 nitrogen and oxygen atoms in total. The van der Waals surface area contributed by atoms with E-state index in [0.717, 1.165) is 23.3 Å². The molecule has 0 atom stereocenters. The number of hydrogen-bond acceptors (Lipinski definition) is 3. The summed E-state index contributed by atoms with van der Waals surface area (Å²) in [6, 6.07) is 12.4. The van der Waals surface area contributed by atoms with Crippen molar-refractivity contribution in [3.05, 3.63) is 59.7 Å². The van der Waals surface area contributed by atoms with Crippen LogP contribution in [0.1, 0.15) is 35.7 Å². The Morgan fingerprint density at radius 3 is 2.30 bits per heavy atom. The van der Waals surface area contributed by atoms with Crippen molar-refractivity contribution in [2.75, 3.05) is 0 Å². The molecule has 0 aliphatic heterocycles. The summed E-state index contributed by atoms with van der Waals surface area (Å²) in [4.78, 5) is 16.0. The average molecular weight is 375 g/mol. The summed E-state index contributed by atoms with van der Waals surface area (Å²) < 4.78 is 41.1. The molecule has 0 radical (unpaired) electrons. The van der Waals surface area contributed by atoms with E-state index in [1.807, 2.05) is 24.3 Å². The van der Waals surface area contributed by atoms with Crippen molar-refractivity contribution < 1.29 is 27.8 Å². The van der Waals surface area contributed by atoms with Gasteiger partial charge in [-0.15, -0.1) is 13.2 Å². The molecule has 3 rings (SSSR count). The maximum Gasteiger partial charge on any atom is 0.573 e. The first-order valence-electron chi connectivity index (χ1n) is 8.18. The van der Waals surface area contributed by atoms with Crippen LogP contribution in [0.5, 0.6) is 5.75 Å². The molecule has 27 heavy (non-hydrogen) atoms. The summed E-state index contributed by atoms with van der Waals surface area (Å²) in [5, 5.41) is 9.58. The second kappa shape index (κ2) is 6.90. The highest BCUT2D eigenvalue weighted by molar-refractivity contribution is 6.04. The van der Waals surface area contributed by atoms with Gasteiger partial charge in [-0.2, -0.15) is 0 Å². The number of fused-ring (bicyclic) bond motifs is 1. The van der Waals surface area contributed by atoms with Gasteiger partial charge in [0.25, 0.3) is 0 Å². The Morgan fingerprint density at radius 2 is 1.74 bits per heavy atom. The first kappa shape index (κ1) is 18.7. The van der Waals surface area contributed by atoms with Crippen LogP contribution < -0.4 is 4.74 Å². The normalized spacial score (nSPS) is 11.8. The van der Waals surface area contributed by atoms with Gasteiger partial charge in [0.2, 0.25) is 0 Å². The highest BCUT2D eigenvalue weighted by Gasteiger charge is 2.31. The summed E-state index contributed by atoms with van der Waals surface area (Å²) in [6.45, 7) is 4.12. The van der Waals surface area contributed by atoms with Crippen molar-refractivity contribution in [2.24, 2.45) is 0 Å². The number of rotatable bonds is 4. The van der Waals surface area contributed by atoms with Crippen molar-refractivity contribution in [3.63, 3.8) is 0 Å². The van der Waals surface area contributed by atoms with E-state index in [4.69, 9.17) is 0 Å². The van der Waals surface area contributed by atoms with Crippen LogP contribution in [0.2, 0.25) is 0 Å². The maximum atomic E-state index is 12.4. The number of pyridine rings is 1. The van der Waals surface area contributed by atoms with E-state index in [9.17, 15) is 23.1 Å². The minimum Gasteiger partial charge on any atom is -0.478 e. The molecule has 0 bridgehead atoms. The van der Waals surface area contributed by atoms with Crippen LogP contribution in [0.4, 0.5) is 13.2 Å². The number of ether oxygens (including phenoxy) is 1. The van der Waals surface area contributed by atoms with Gasteiger partial charge < -0.3 is 9.84 Å². The van der Waals surface area contributed by atoms with Crippen molar-refractivity contribution in [1.82, 2.24) is 4.98 Å². The van der Waals surface area contributed by atoms with Crippen LogP contribution in [-0.4, -0.2) is 22.4 Å². The fourth-order valence-corrected chi connectivity index (χ4v) is 2.77. The second-order valence-corrected chi connectivity index (χ2v) is 6.36. The van der Waals surface area contributed by atoms with Crippen LogP contribution in [-0.2, 0) is 0 Å². The first-order chi connectivity index (χ1) is 12.6. The summed E-state index contributed by atoms with van der Waals surface area (Å²) in [6.07, 6.45) is -4.86. The number of benzene rings is 2. The highest BCUT2D eigenvalue weighted by atomic mass is 19.4. The van der Waals surface area contributed by atoms with E-state index in [-0.39, 0.29) is 16.5 Å². The Hall–Kier alpha value is -3.09. The fraction of sp³-hybridized carbons (Fsp3) is 0.200. The summed E-state index contributed by atoms with van der Waals surface area (Å²) in [5.41, 5.74) is 2.41. The van der Waals surface area contributed by atoms with E-state index in [1.54, 1.807) is 0 Å². The Kier molecular flexibility index (Phi) is 4.78. The number of carboxylic acid groups (broad SMARTS) is 1. The van der Waals surface area contributed by atoms with Crippen molar-refractivity contribution in [3.8, 4) is 17.0 Å². The zero-order chi connectivity index (χ0) is 19.8. The topological polar surface area (TPSA) is 59.4 Å². The summed E-state index contributed by atoms with van der Waals surface area (Å²) >= 11 is 0. The smallest absolute Gasteiger partial charge is 0.478 e. The Bertz CT molecular complexity index is 996. The molecular weight excluding hydrogens is 359 g/mol. The van der Waals surface area contributed by atoms with Gasteiger partial charge in [-0.1, -0.05) is 38.1 Å². The molecular formula is C20H16F3NO3. The molecule has 1 N–H and O–H groups in total. The SMILES string of the molecule is CC(C)c1ccc(-c2cc(C(=O)O)c3cc(OC(F)(F)F)ccc3n2)cc1. The quantitative estimate of drug-likeness (QED) is 0.643. The number of carbonyl (C=O) groups is 1. The van der Waals surface area contributed by atoms with E-state index in [0.29, 0.717) is 11.6 Å². The molecule has 0 aliphatic carbocycles. The minimum atomic E-state index is -4.86. The molecule has 1 heterocycles. The lowest BCUT2D eigenvalue weighted by atomic mass is 9.99. The van der Waals surface area contributed by atoms with Gasteiger partial charge in [-0.05, 0) is 35.7 Å². The van der Waals surface area contributed by atoms with Crippen LogP contribution in [0, 0.1) is 0 Å². The van der Waals surface area contributed by atoms with Gasteiger partial charge in [0.1, 0.15) is 5.75 Å². The zero-order valence-electron chi connectivity index (χ0n) is 14.5. The molecule has 0 saturated heterocycles. The zero-order valence-corrected chi connectivity index (χ0v) is 14.5. The number of halogens is 3. The third-order valence-corrected chi connectivity index (χ3v) is 4.12. The molecule has 140 valence electrons. The van der Waals surface area contributed by atoms with Gasteiger partial charge >= 0.3 is 12.3 Å². The van der Waals surface area contributed by atoms with Gasteiger partial charge in [-0.3, -0.25) is 0 Å². The monoisotopic (exact) mass is 375 g/mol. The van der Waals surface area contributed by atoms with Gasteiger partial charge in [0, 0.05) is 10.9 Å². The lowest BCUT2D eigenvalue weighted by molar-refractivity contribution is -0.274. The maximum absolute atomic E-state index is 12.4. The molecule has 0 spiro atoms. The molecule has 7 heteroatoms. The average Bonchev–Trinajstić information content (AvgIpc) is 2.59. The van der Waals surface area contributed by atoms with E-state index < -0.39 is 18.1 Å². The number of nitrogens with zero attached hydrogens (tertiary/aromatic N) is 1. The van der Waals surface area contributed by atoms with E-state index in [2.05, 4.69) is 23.6 Å². The minimum absolute atomic E-state index is 0.0757. The number of hydrogen-bond donors (Lipinski definition) is 1. The highest BCUT2D eigenvalue weighted by Crippen LogP contribution is 2.30. The van der Waals surface area contributed by atoms with E-state index in [1.165, 1.54) is 12.1 Å². The molecule has 0 unspecified atom stereocenters. The first-order valence-corrected chi connectivity index (χ1v) is 8.18. The lowest BCUT2D eigenvalue weighted by Crippen LogP contribution is -2.17. The third-order valence-electron chi connectivity index (χ3n) is 4.12. The largest absolute Gasteiger partial charge is 0.573 e. The number of carboxylic acids is 1. The summed E-state index contributed by atoms with van der Waals surface area (Å²) in [7, 11) is 0. The van der Waals surface area contributed by atoms with Crippen molar-refractivity contribution in [1.29, 1.82) is 0 Å². The van der Waals surface area contributed by atoms with Gasteiger partial charge in [0.15, 0.2) is 0 Å². The summed E-state index contributed by atoms with van der Waals surface area (Å²) in [5.74, 6) is -1.40. The molecule has 1 aromatic heterocycles. The number of aromatic nitrogens is 1. The van der Waals surface area contributed by atoms with Crippen LogP contribution in [0.3, 0.4) is 0 Å². The van der Waals surface area contributed by atoms with Gasteiger partial charge in [0.05, 0.1) is 16.8 Å². The predicted molar refractivity (Wildman–Crippen MR) is 94.9 cm³/mol. The third kappa shape index (κ3) is 4.19. The number of alkyl halides is 3. The second-order valence-electron chi connectivity index (χ2n) is 6.36. The molecule has 2 aromatic carbocycles. The molecule has 0 aliphatic rings. The van der Waals surface area contributed by atoms with Crippen molar-refractivity contribution >= 4 is 16.9 Å². The Labute approximate surface area is 153 Å². The van der Waals surface area contributed by atoms with Crippen LogP contribution in [0.25, 0.3) is 22.2 Å². The van der Waals surface area contributed by atoms with Crippen molar-refractivity contribution in [2.45, 2.75) is 26.1 Å². The molecule has 0 fully saturated rings. The van der Waals surface area contributed by atoms with Crippen LogP contribution in [0.15, 0.2) is 48.5 Å². The Morgan fingerprint density at radius 1 is 1.07 bits per heavy atom. The predicted octanol–water partition coefficient (Wildman–Crippen LogP) is 5.62. The van der Waals surface area contributed by atoms with Crippen LogP contribution >= 0.6 is 0 Å². The molecule has 0 saturated carbocycles. The molecule has 3 aromatic rings. The number of aromatic carboxylic acids is 1. The standard InChI is InChI=1S/C20H16F3NO3/c1-11(2)12-3-5-13(6-4-12)18-10-16(19(25)26)15-9-14(27-20(21,22)23)7-8-17(15)24-18/h3-11H,1-2H3,(H,25,26). The Balaban J connectivity index is 2.11.